The number of carbonyl (C=O) groups excluding carboxylic acids is 1. The Labute approximate surface area is 188 Å². The standard InChI is InChI=1S/C22H17Cl2N3O2S/c23-16-7-8-18(19(24)10-16)20-13-30-22(26-20)27(12-17-2-1-9-29-17)21(28)15-5-3-14(11-25)4-6-15/h3-8,10,13,17H,1-2,9,12H2. The number of halogens is 2. The van der Waals surface area contributed by atoms with Crippen molar-refractivity contribution < 1.29 is 9.53 Å². The Morgan fingerprint density at radius 1 is 1.27 bits per heavy atom. The summed E-state index contributed by atoms with van der Waals surface area (Å²) >= 11 is 13.7. The number of hydrogen-bond donors (Lipinski definition) is 0. The zero-order chi connectivity index (χ0) is 21.1. The number of amides is 1. The van der Waals surface area contributed by atoms with Gasteiger partial charge in [0.25, 0.3) is 5.91 Å². The fraction of sp³-hybridized carbons (Fsp3) is 0.227. The van der Waals surface area contributed by atoms with Crippen LogP contribution in [0.4, 0.5) is 5.13 Å². The smallest absolute Gasteiger partial charge is 0.260 e. The van der Waals surface area contributed by atoms with Gasteiger partial charge in [0.05, 0.1) is 35.0 Å². The summed E-state index contributed by atoms with van der Waals surface area (Å²) in [5.41, 5.74) is 2.44. The van der Waals surface area contributed by atoms with E-state index in [-0.39, 0.29) is 12.0 Å². The van der Waals surface area contributed by atoms with Crippen molar-refractivity contribution in [1.29, 1.82) is 5.26 Å². The minimum Gasteiger partial charge on any atom is -0.376 e. The number of anilines is 1. The van der Waals surface area contributed by atoms with Crippen molar-refractivity contribution in [2.45, 2.75) is 18.9 Å². The monoisotopic (exact) mass is 457 g/mol. The van der Waals surface area contributed by atoms with E-state index in [1.165, 1.54) is 11.3 Å². The van der Waals surface area contributed by atoms with Crippen molar-refractivity contribution in [2.75, 3.05) is 18.1 Å². The van der Waals surface area contributed by atoms with Crippen molar-refractivity contribution in [3.8, 4) is 17.3 Å². The molecule has 1 fully saturated rings. The molecule has 0 saturated carbocycles. The van der Waals surface area contributed by atoms with Gasteiger partial charge in [-0.2, -0.15) is 5.26 Å². The van der Waals surface area contributed by atoms with E-state index in [9.17, 15) is 4.79 Å². The fourth-order valence-electron chi connectivity index (χ4n) is 3.29. The lowest BCUT2D eigenvalue weighted by atomic mass is 10.1. The molecule has 0 bridgehead atoms. The zero-order valence-corrected chi connectivity index (χ0v) is 18.2. The molecule has 2 aromatic carbocycles. The molecule has 152 valence electrons. The summed E-state index contributed by atoms with van der Waals surface area (Å²) in [6, 6.07) is 13.9. The van der Waals surface area contributed by atoms with Gasteiger partial charge in [-0.15, -0.1) is 11.3 Å². The van der Waals surface area contributed by atoms with Crippen LogP contribution in [0.1, 0.15) is 28.8 Å². The van der Waals surface area contributed by atoms with Crippen molar-refractivity contribution in [1.82, 2.24) is 4.98 Å². The summed E-state index contributed by atoms with van der Waals surface area (Å²) in [5, 5.41) is 12.5. The van der Waals surface area contributed by atoms with Crippen molar-refractivity contribution in [2.24, 2.45) is 0 Å². The number of rotatable bonds is 5. The average molecular weight is 458 g/mol. The molecule has 1 saturated heterocycles. The van der Waals surface area contributed by atoms with Crippen molar-refractivity contribution in [3.05, 3.63) is 69.0 Å². The van der Waals surface area contributed by atoms with Crippen LogP contribution < -0.4 is 4.90 Å². The molecule has 3 aromatic rings. The van der Waals surface area contributed by atoms with Gasteiger partial charge in [-0.1, -0.05) is 23.2 Å². The maximum atomic E-state index is 13.3. The lowest BCUT2D eigenvalue weighted by Gasteiger charge is -2.23. The molecule has 1 amide bonds. The normalized spacial score (nSPS) is 15.7. The third kappa shape index (κ3) is 4.50. The van der Waals surface area contributed by atoms with Crippen molar-refractivity contribution >= 4 is 45.6 Å². The zero-order valence-electron chi connectivity index (χ0n) is 15.8. The van der Waals surface area contributed by atoms with Crippen LogP contribution in [0.3, 0.4) is 0 Å². The number of hydrogen-bond acceptors (Lipinski definition) is 5. The molecule has 1 unspecified atom stereocenters. The molecule has 1 aliphatic rings. The number of carbonyl (C=O) groups is 1. The van der Waals surface area contributed by atoms with E-state index >= 15 is 0 Å². The van der Waals surface area contributed by atoms with Crippen LogP contribution >= 0.6 is 34.5 Å². The minimum atomic E-state index is -0.182. The molecular formula is C22H17Cl2N3O2S. The summed E-state index contributed by atoms with van der Waals surface area (Å²) in [4.78, 5) is 19.6. The maximum absolute atomic E-state index is 13.3. The quantitative estimate of drug-likeness (QED) is 0.484. The Balaban J connectivity index is 1.66. The van der Waals surface area contributed by atoms with E-state index in [2.05, 4.69) is 11.1 Å². The molecule has 0 N–H and O–H groups in total. The van der Waals surface area contributed by atoms with Gasteiger partial charge in [0, 0.05) is 28.1 Å². The molecule has 0 radical (unpaired) electrons. The number of thiazole rings is 1. The van der Waals surface area contributed by atoms with Gasteiger partial charge in [0.2, 0.25) is 0 Å². The molecule has 1 atom stereocenters. The summed E-state index contributed by atoms with van der Waals surface area (Å²) < 4.78 is 5.76. The molecule has 8 heteroatoms. The molecule has 5 nitrogen and oxygen atoms in total. The Morgan fingerprint density at radius 2 is 2.07 bits per heavy atom. The molecule has 1 aliphatic heterocycles. The van der Waals surface area contributed by atoms with Gasteiger partial charge in [-0.05, 0) is 55.3 Å². The summed E-state index contributed by atoms with van der Waals surface area (Å²) in [6.45, 7) is 1.12. The third-order valence-electron chi connectivity index (χ3n) is 4.85. The first-order chi connectivity index (χ1) is 14.5. The largest absolute Gasteiger partial charge is 0.376 e. The minimum absolute atomic E-state index is 0.0289. The van der Waals surface area contributed by atoms with Crippen LogP contribution in [0, 0.1) is 11.3 Å². The van der Waals surface area contributed by atoms with Gasteiger partial charge >= 0.3 is 0 Å². The Hall–Kier alpha value is -2.43. The second-order valence-corrected chi connectivity index (χ2v) is 8.56. The highest BCUT2D eigenvalue weighted by Crippen LogP contribution is 2.34. The second-order valence-electron chi connectivity index (χ2n) is 6.88. The van der Waals surface area contributed by atoms with Gasteiger partial charge in [-0.25, -0.2) is 4.98 Å². The first-order valence-electron chi connectivity index (χ1n) is 9.40. The number of aromatic nitrogens is 1. The van der Waals surface area contributed by atoms with Crippen molar-refractivity contribution in [3.63, 3.8) is 0 Å². The third-order valence-corrected chi connectivity index (χ3v) is 6.26. The van der Waals surface area contributed by atoms with Crippen LogP contribution in [0.15, 0.2) is 47.8 Å². The molecule has 30 heavy (non-hydrogen) atoms. The highest BCUT2D eigenvalue weighted by atomic mass is 35.5. The van der Waals surface area contributed by atoms with Gasteiger partial charge < -0.3 is 4.74 Å². The van der Waals surface area contributed by atoms with Crippen LogP contribution in [0.25, 0.3) is 11.3 Å². The van der Waals surface area contributed by atoms with Crippen LogP contribution in [0.5, 0.6) is 0 Å². The SMILES string of the molecule is N#Cc1ccc(C(=O)N(CC2CCCO2)c2nc(-c3ccc(Cl)cc3Cl)cs2)cc1. The molecule has 1 aromatic heterocycles. The van der Waals surface area contributed by atoms with Gasteiger partial charge in [0.1, 0.15) is 0 Å². The van der Waals surface area contributed by atoms with E-state index < -0.39 is 0 Å². The molecular weight excluding hydrogens is 441 g/mol. The Kier molecular flexibility index (Phi) is 6.35. The predicted molar refractivity (Wildman–Crippen MR) is 119 cm³/mol. The average Bonchev–Trinajstić information content (AvgIpc) is 3.44. The van der Waals surface area contributed by atoms with E-state index in [0.29, 0.717) is 45.1 Å². The Bertz CT molecular complexity index is 1100. The number of benzene rings is 2. The highest BCUT2D eigenvalue weighted by molar-refractivity contribution is 7.14. The Morgan fingerprint density at radius 3 is 2.73 bits per heavy atom. The van der Waals surface area contributed by atoms with Crippen LogP contribution in [-0.2, 0) is 4.74 Å². The fourth-order valence-corrected chi connectivity index (χ4v) is 4.63. The lowest BCUT2D eigenvalue weighted by Crippen LogP contribution is -2.37. The van der Waals surface area contributed by atoms with E-state index in [4.69, 9.17) is 33.2 Å². The first kappa shape index (κ1) is 20.8. The molecule has 0 aliphatic carbocycles. The maximum Gasteiger partial charge on any atom is 0.260 e. The van der Waals surface area contributed by atoms with Gasteiger partial charge in [0.15, 0.2) is 5.13 Å². The van der Waals surface area contributed by atoms with E-state index in [1.807, 2.05) is 11.4 Å². The number of nitrogens with zero attached hydrogens (tertiary/aromatic N) is 3. The van der Waals surface area contributed by atoms with Crippen LogP contribution in [-0.4, -0.2) is 30.1 Å². The molecule has 0 spiro atoms. The van der Waals surface area contributed by atoms with Crippen LogP contribution in [0.2, 0.25) is 10.0 Å². The summed E-state index contributed by atoms with van der Waals surface area (Å²) in [5.74, 6) is -0.182. The highest BCUT2D eigenvalue weighted by Gasteiger charge is 2.27. The van der Waals surface area contributed by atoms with E-state index in [1.54, 1.807) is 41.3 Å². The number of nitriles is 1. The van der Waals surface area contributed by atoms with E-state index in [0.717, 1.165) is 18.4 Å². The number of ether oxygens (including phenoxy) is 1. The predicted octanol–water partition coefficient (Wildman–Crippen LogP) is 5.81. The molecule has 4 rings (SSSR count). The molecule has 2 heterocycles. The summed E-state index contributed by atoms with van der Waals surface area (Å²) in [7, 11) is 0. The summed E-state index contributed by atoms with van der Waals surface area (Å²) in [6.07, 6.45) is 1.85. The van der Waals surface area contributed by atoms with Gasteiger partial charge in [-0.3, -0.25) is 9.69 Å². The lowest BCUT2D eigenvalue weighted by molar-refractivity contribution is 0.0917. The first-order valence-corrected chi connectivity index (χ1v) is 11.0. The second kappa shape index (κ2) is 9.15. The topological polar surface area (TPSA) is 66.2 Å².